The molecule has 1 aliphatic carbocycles. The number of hydrogen-bond acceptors (Lipinski definition) is 6. The molecule has 1 saturated carbocycles. The van der Waals surface area contributed by atoms with Gasteiger partial charge in [0.25, 0.3) is 0 Å². The van der Waals surface area contributed by atoms with Crippen LogP contribution >= 0.6 is 23.3 Å². The number of hydrogen-bond donors (Lipinski definition) is 2. The van der Waals surface area contributed by atoms with Crippen LogP contribution in [0.25, 0.3) is 0 Å². The summed E-state index contributed by atoms with van der Waals surface area (Å²) in [6, 6.07) is 0. The van der Waals surface area contributed by atoms with Gasteiger partial charge in [0.15, 0.2) is 4.34 Å². The average molecular weight is 287 g/mol. The Hall–Kier alpha value is -0.660. The van der Waals surface area contributed by atoms with E-state index in [-0.39, 0.29) is 5.92 Å². The first-order chi connectivity index (χ1) is 8.52. The minimum atomic E-state index is -1.02. The molecule has 1 aromatic heterocycles. The molecule has 0 bridgehead atoms. The number of carboxylic acid groups (broad SMARTS) is 1. The molecule has 0 aromatic carbocycles. The van der Waals surface area contributed by atoms with Crippen LogP contribution in [0.5, 0.6) is 0 Å². The van der Waals surface area contributed by atoms with E-state index in [1.54, 1.807) is 11.8 Å². The number of aromatic nitrogens is 2. The van der Waals surface area contributed by atoms with Gasteiger partial charge in [0.1, 0.15) is 11.4 Å². The number of thioether (sulfide) groups is 1. The fourth-order valence-electron chi connectivity index (χ4n) is 2.41. The van der Waals surface area contributed by atoms with Crippen LogP contribution in [0.3, 0.4) is 0 Å². The summed E-state index contributed by atoms with van der Waals surface area (Å²) in [7, 11) is 0. The first kappa shape index (κ1) is 13.8. The molecule has 2 unspecified atom stereocenters. The van der Waals surface area contributed by atoms with Gasteiger partial charge in [-0.1, -0.05) is 18.2 Å². The summed E-state index contributed by atoms with van der Waals surface area (Å²) in [5.74, 6) is 0.867. The van der Waals surface area contributed by atoms with Crippen molar-refractivity contribution in [3.8, 4) is 0 Å². The molecular formula is C11H17N3O2S2. The van der Waals surface area contributed by atoms with Crippen molar-refractivity contribution in [3.05, 3.63) is 5.82 Å². The van der Waals surface area contributed by atoms with Crippen molar-refractivity contribution in [2.24, 2.45) is 11.7 Å². The summed E-state index contributed by atoms with van der Waals surface area (Å²) in [5, 5.41) is 9.21. The van der Waals surface area contributed by atoms with Gasteiger partial charge in [-0.15, -0.1) is 0 Å². The number of aryl methyl sites for hydroxylation is 1. The molecule has 2 rings (SSSR count). The highest BCUT2D eigenvalue weighted by molar-refractivity contribution is 8.00. The van der Waals surface area contributed by atoms with Gasteiger partial charge in [-0.25, -0.2) is 4.98 Å². The molecule has 7 heteroatoms. The van der Waals surface area contributed by atoms with Crippen molar-refractivity contribution in [1.29, 1.82) is 0 Å². The quantitative estimate of drug-likeness (QED) is 0.804. The molecule has 3 N–H and O–H groups in total. The van der Waals surface area contributed by atoms with Crippen LogP contribution in [0, 0.1) is 12.8 Å². The molecule has 1 aromatic rings. The highest BCUT2D eigenvalue weighted by Gasteiger charge is 2.45. The highest BCUT2D eigenvalue weighted by Crippen LogP contribution is 2.37. The second-order valence-corrected chi connectivity index (χ2v) is 6.77. The Morgan fingerprint density at radius 1 is 1.72 bits per heavy atom. The standard InChI is InChI=1S/C11H17N3O2S2/c1-7-13-10(18-14-7)17-6-4-8-3-2-5-11(8,12)9(15)16/h8H,2-6,12H2,1H3,(H,15,16). The maximum absolute atomic E-state index is 11.2. The van der Waals surface area contributed by atoms with E-state index in [9.17, 15) is 9.90 Å². The Labute approximate surface area is 114 Å². The lowest BCUT2D eigenvalue weighted by Crippen LogP contribution is -2.51. The fraction of sp³-hybridized carbons (Fsp3) is 0.727. The zero-order chi connectivity index (χ0) is 13.2. The summed E-state index contributed by atoms with van der Waals surface area (Å²) in [6.07, 6.45) is 3.25. The molecule has 2 atom stereocenters. The summed E-state index contributed by atoms with van der Waals surface area (Å²) in [4.78, 5) is 15.5. The van der Waals surface area contributed by atoms with E-state index in [0.29, 0.717) is 6.42 Å². The number of nitrogens with zero attached hydrogens (tertiary/aromatic N) is 2. The average Bonchev–Trinajstić information content (AvgIpc) is 2.87. The van der Waals surface area contributed by atoms with E-state index in [4.69, 9.17) is 5.73 Å². The summed E-state index contributed by atoms with van der Waals surface area (Å²) in [5.41, 5.74) is 4.98. The van der Waals surface area contributed by atoms with Gasteiger partial charge < -0.3 is 10.8 Å². The molecule has 0 radical (unpaired) electrons. The van der Waals surface area contributed by atoms with Crippen molar-refractivity contribution < 1.29 is 9.90 Å². The predicted octanol–water partition coefficient (Wildman–Crippen LogP) is 1.91. The first-order valence-electron chi connectivity index (χ1n) is 5.98. The number of rotatable bonds is 5. The second-order valence-electron chi connectivity index (χ2n) is 4.68. The van der Waals surface area contributed by atoms with E-state index < -0.39 is 11.5 Å². The van der Waals surface area contributed by atoms with Crippen LogP contribution in [0.15, 0.2) is 4.34 Å². The SMILES string of the molecule is Cc1nsc(SCCC2CCCC2(N)C(=O)O)n1. The third-order valence-corrected chi connectivity index (χ3v) is 5.43. The van der Waals surface area contributed by atoms with Gasteiger partial charge in [0.2, 0.25) is 0 Å². The van der Waals surface area contributed by atoms with Gasteiger partial charge in [-0.3, -0.25) is 4.79 Å². The van der Waals surface area contributed by atoms with Gasteiger partial charge in [0.05, 0.1) is 0 Å². The Balaban J connectivity index is 1.85. The topological polar surface area (TPSA) is 89.1 Å². The maximum Gasteiger partial charge on any atom is 0.323 e. The van der Waals surface area contributed by atoms with Gasteiger partial charge in [0, 0.05) is 5.75 Å². The van der Waals surface area contributed by atoms with Crippen molar-refractivity contribution in [2.45, 2.75) is 42.5 Å². The van der Waals surface area contributed by atoms with E-state index in [0.717, 1.165) is 35.2 Å². The number of carbonyl (C=O) groups is 1. The van der Waals surface area contributed by atoms with Crippen molar-refractivity contribution in [3.63, 3.8) is 0 Å². The number of nitrogens with two attached hydrogens (primary N) is 1. The zero-order valence-corrected chi connectivity index (χ0v) is 11.9. The Bertz CT molecular complexity index is 438. The van der Waals surface area contributed by atoms with Crippen molar-refractivity contribution in [2.75, 3.05) is 5.75 Å². The molecule has 0 spiro atoms. The molecule has 100 valence electrons. The maximum atomic E-state index is 11.2. The van der Waals surface area contributed by atoms with Gasteiger partial charge in [-0.05, 0) is 43.6 Å². The van der Waals surface area contributed by atoms with Crippen LogP contribution in [0.4, 0.5) is 0 Å². The van der Waals surface area contributed by atoms with E-state index in [1.165, 1.54) is 11.5 Å². The van der Waals surface area contributed by atoms with Crippen LogP contribution < -0.4 is 5.73 Å². The summed E-state index contributed by atoms with van der Waals surface area (Å²) < 4.78 is 5.06. The Morgan fingerprint density at radius 3 is 3.11 bits per heavy atom. The molecule has 1 heterocycles. The second kappa shape index (κ2) is 5.54. The lowest BCUT2D eigenvalue weighted by molar-refractivity contribution is -0.144. The van der Waals surface area contributed by atoms with E-state index in [1.807, 2.05) is 6.92 Å². The molecule has 1 fully saturated rings. The predicted molar refractivity (Wildman–Crippen MR) is 71.9 cm³/mol. The largest absolute Gasteiger partial charge is 0.480 e. The third-order valence-electron chi connectivity index (χ3n) is 3.47. The molecule has 0 aliphatic heterocycles. The zero-order valence-electron chi connectivity index (χ0n) is 10.3. The minimum absolute atomic E-state index is 0.0801. The van der Waals surface area contributed by atoms with Crippen LogP contribution in [0.1, 0.15) is 31.5 Å². The van der Waals surface area contributed by atoms with Crippen LogP contribution in [0.2, 0.25) is 0 Å². The fourth-order valence-corrected chi connectivity index (χ4v) is 4.18. The number of carboxylic acids is 1. The molecule has 5 nitrogen and oxygen atoms in total. The lowest BCUT2D eigenvalue weighted by Gasteiger charge is -2.26. The number of aliphatic carboxylic acids is 1. The molecular weight excluding hydrogens is 270 g/mol. The van der Waals surface area contributed by atoms with Gasteiger partial charge in [-0.2, -0.15) is 4.37 Å². The monoisotopic (exact) mass is 287 g/mol. The highest BCUT2D eigenvalue weighted by atomic mass is 32.2. The van der Waals surface area contributed by atoms with Crippen LogP contribution in [-0.2, 0) is 4.79 Å². The molecule has 0 saturated heterocycles. The smallest absolute Gasteiger partial charge is 0.323 e. The summed E-state index contributed by atoms with van der Waals surface area (Å²) >= 11 is 3.03. The molecule has 18 heavy (non-hydrogen) atoms. The third kappa shape index (κ3) is 2.84. The minimum Gasteiger partial charge on any atom is -0.480 e. The summed E-state index contributed by atoms with van der Waals surface area (Å²) in [6.45, 7) is 1.87. The van der Waals surface area contributed by atoms with E-state index in [2.05, 4.69) is 9.36 Å². The van der Waals surface area contributed by atoms with Crippen molar-refractivity contribution >= 4 is 29.3 Å². The molecule has 1 aliphatic rings. The first-order valence-corrected chi connectivity index (χ1v) is 7.73. The lowest BCUT2D eigenvalue weighted by atomic mass is 9.86. The van der Waals surface area contributed by atoms with Crippen molar-refractivity contribution in [1.82, 2.24) is 9.36 Å². The van der Waals surface area contributed by atoms with Gasteiger partial charge >= 0.3 is 5.97 Å². The Kier molecular flexibility index (Phi) is 4.24. The normalized spacial score (nSPS) is 27.6. The molecule has 0 amide bonds. The Morgan fingerprint density at radius 2 is 2.50 bits per heavy atom. The van der Waals surface area contributed by atoms with E-state index >= 15 is 0 Å². The van der Waals surface area contributed by atoms with Crippen LogP contribution in [-0.4, -0.2) is 31.7 Å².